The maximum atomic E-state index is 15.0. The summed E-state index contributed by atoms with van der Waals surface area (Å²) in [7, 11) is 0. The number of rotatable bonds is 2. The van der Waals surface area contributed by atoms with Gasteiger partial charge in [-0.1, -0.05) is 13.0 Å². The third-order valence-corrected chi connectivity index (χ3v) is 13.1. The SMILES string of the molecule is CCO[C@]12CC=CC(=O)[C@]1(C)[C@H]1CC[C@]3(O)C(=O)O[C@@]4(C)[C@H]5C[C@]6(C)[C@@H](CO[C@]7(O[C@@]43[C@H]6C7=O)[C@@H]1C[C@H]2O)C(=O)O5. The Kier molecular flexibility index (Phi) is 4.71. The average molecular weight is 573 g/mol. The van der Waals surface area contributed by atoms with Crippen LogP contribution in [0.3, 0.4) is 0 Å². The van der Waals surface area contributed by atoms with Crippen LogP contribution >= 0.6 is 0 Å². The second-order valence-corrected chi connectivity index (χ2v) is 14.2. The van der Waals surface area contributed by atoms with Crippen LogP contribution in [0.5, 0.6) is 0 Å². The molecular weight excluding hydrogens is 536 g/mol. The fourth-order valence-electron chi connectivity index (χ4n) is 11.1. The summed E-state index contributed by atoms with van der Waals surface area (Å²) in [5.41, 5.74) is -9.51. The van der Waals surface area contributed by atoms with Gasteiger partial charge in [-0.2, -0.15) is 0 Å². The number of Topliss-reactive ketones (excluding diaryl/α,β-unsaturated/α-hetero) is 1. The molecule has 3 aliphatic carbocycles. The zero-order valence-corrected chi connectivity index (χ0v) is 23.6. The van der Waals surface area contributed by atoms with E-state index < -0.39 is 92.6 Å². The minimum Gasteiger partial charge on any atom is -0.458 e. The average Bonchev–Trinajstić information content (AvgIpc) is 3.23. The van der Waals surface area contributed by atoms with E-state index in [0.717, 1.165) is 0 Å². The first-order chi connectivity index (χ1) is 19.2. The zero-order chi connectivity index (χ0) is 29.2. The van der Waals surface area contributed by atoms with Crippen molar-refractivity contribution in [3.05, 3.63) is 12.2 Å². The quantitative estimate of drug-likeness (QED) is 0.451. The Balaban J connectivity index is 1.41. The molecule has 5 bridgehead atoms. The highest BCUT2D eigenvalue weighted by Gasteiger charge is 2.93. The molecule has 2 spiro atoms. The van der Waals surface area contributed by atoms with Gasteiger partial charge in [0, 0.05) is 12.5 Å². The molecule has 0 radical (unpaired) electrons. The molecular formula is C30H36O11. The normalized spacial score (nSPS) is 59.6. The van der Waals surface area contributed by atoms with E-state index in [2.05, 4.69) is 0 Å². The van der Waals surface area contributed by atoms with Crippen LogP contribution in [-0.2, 0) is 42.9 Å². The number of hydrogen-bond acceptors (Lipinski definition) is 11. The highest BCUT2D eigenvalue weighted by molar-refractivity contribution is 6.00. The highest BCUT2D eigenvalue weighted by atomic mass is 16.8. The summed E-state index contributed by atoms with van der Waals surface area (Å²) < 4.78 is 31.5. The lowest BCUT2D eigenvalue weighted by atomic mass is 9.46. The van der Waals surface area contributed by atoms with Crippen LogP contribution < -0.4 is 0 Å². The number of aliphatic hydroxyl groups is 2. The monoisotopic (exact) mass is 572 g/mol. The molecule has 5 aliphatic heterocycles. The molecule has 0 aromatic heterocycles. The van der Waals surface area contributed by atoms with Gasteiger partial charge in [0.25, 0.3) is 0 Å². The molecule has 0 aromatic rings. The molecule has 11 nitrogen and oxygen atoms in total. The summed E-state index contributed by atoms with van der Waals surface area (Å²) in [5.74, 6) is -7.77. The fraction of sp³-hybridized carbons (Fsp3) is 0.800. The maximum Gasteiger partial charge on any atom is 0.342 e. The van der Waals surface area contributed by atoms with Gasteiger partial charge in [0.15, 0.2) is 28.4 Å². The number of aliphatic hydroxyl groups excluding tert-OH is 1. The maximum absolute atomic E-state index is 15.0. The van der Waals surface area contributed by atoms with Gasteiger partial charge in [-0.15, -0.1) is 0 Å². The molecule has 41 heavy (non-hydrogen) atoms. The number of fused-ring (bicyclic) bond motifs is 5. The largest absolute Gasteiger partial charge is 0.458 e. The van der Waals surface area contributed by atoms with Crippen molar-refractivity contribution in [1.29, 1.82) is 0 Å². The molecule has 5 saturated heterocycles. The molecule has 2 N–H and O–H groups in total. The van der Waals surface area contributed by atoms with Gasteiger partial charge in [0.05, 0.1) is 30.0 Å². The van der Waals surface area contributed by atoms with Crippen LogP contribution in [0.1, 0.15) is 59.8 Å². The number of esters is 2. The summed E-state index contributed by atoms with van der Waals surface area (Å²) in [6.07, 6.45) is 1.61. The van der Waals surface area contributed by atoms with Crippen LogP contribution in [0, 0.1) is 34.5 Å². The molecule has 0 amide bonds. The van der Waals surface area contributed by atoms with Crippen LogP contribution in [0.15, 0.2) is 12.2 Å². The van der Waals surface area contributed by atoms with E-state index in [0.29, 0.717) is 0 Å². The first-order valence-corrected chi connectivity index (χ1v) is 14.8. The Hall–Kier alpha value is -2.18. The van der Waals surface area contributed by atoms with Gasteiger partial charge in [0.1, 0.15) is 11.7 Å². The molecule has 7 fully saturated rings. The topological polar surface area (TPSA) is 155 Å². The Bertz CT molecular complexity index is 1360. The lowest BCUT2D eigenvalue weighted by Crippen LogP contribution is -2.79. The Morgan fingerprint density at radius 3 is 2.61 bits per heavy atom. The number of hydrogen-bond donors (Lipinski definition) is 2. The van der Waals surface area contributed by atoms with E-state index in [9.17, 15) is 24.6 Å². The molecule has 8 aliphatic rings. The molecule has 0 unspecified atom stereocenters. The van der Waals surface area contributed by atoms with E-state index in [4.69, 9.17) is 23.7 Å². The van der Waals surface area contributed by atoms with Gasteiger partial charge in [-0.25, -0.2) is 4.79 Å². The van der Waals surface area contributed by atoms with E-state index in [-0.39, 0.29) is 51.1 Å². The summed E-state index contributed by atoms with van der Waals surface area (Å²) >= 11 is 0. The first-order valence-electron chi connectivity index (χ1n) is 14.8. The van der Waals surface area contributed by atoms with E-state index in [1.165, 1.54) is 6.08 Å². The standard InChI is InChI=1S/C30H36O11/c1-5-37-28-9-6-7-17(31)25(28,3)14-8-10-27(36)23(35)40-26(4)19-12-24(2)16(22(34)39-19)13-38-29(15(14)11-18(28)32)21(33)20(24)30(26,27)41-29/h6-7,14-16,18-20,32,36H,5,8-13H2,1-4H3/t14-,15+,16-,18+,19+,20-,24+,25-,26-,27-,28-,29-,30-/m0/s1. The van der Waals surface area contributed by atoms with Gasteiger partial charge < -0.3 is 33.9 Å². The lowest BCUT2D eigenvalue weighted by Gasteiger charge is -2.64. The smallest absolute Gasteiger partial charge is 0.342 e. The van der Waals surface area contributed by atoms with Crippen molar-refractivity contribution < 1.29 is 53.1 Å². The van der Waals surface area contributed by atoms with Crippen molar-refractivity contribution in [2.75, 3.05) is 13.2 Å². The first kappa shape index (κ1) is 26.4. The second kappa shape index (κ2) is 7.30. The van der Waals surface area contributed by atoms with Gasteiger partial charge in [-0.3, -0.25) is 14.4 Å². The predicted octanol–water partition coefficient (Wildman–Crippen LogP) is 0.767. The number of ketones is 2. The number of carbonyl (C=O) groups is 4. The predicted molar refractivity (Wildman–Crippen MR) is 135 cm³/mol. The number of carbonyl (C=O) groups excluding carboxylic acids is 4. The molecule has 2 saturated carbocycles. The minimum atomic E-state index is -2.28. The van der Waals surface area contributed by atoms with Crippen LogP contribution in [0.4, 0.5) is 0 Å². The van der Waals surface area contributed by atoms with E-state index in [1.807, 2.05) is 6.92 Å². The molecule has 222 valence electrons. The van der Waals surface area contributed by atoms with Crippen molar-refractivity contribution >= 4 is 23.5 Å². The van der Waals surface area contributed by atoms with Crippen LogP contribution in [0.25, 0.3) is 0 Å². The number of ether oxygens (including phenoxy) is 5. The molecule has 0 aromatic carbocycles. The zero-order valence-electron chi connectivity index (χ0n) is 23.6. The van der Waals surface area contributed by atoms with Crippen molar-refractivity contribution in [3.63, 3.8) is 0 Å². The van der Waals surface area contributed by atoms with Crippen molar-refractivity contribution in [1.82, 2.24) is 0 Å². The fourth-order valence-corrected chi connectivity index (χ4v) is 11.1. The molecule has 13 atom stereocenters. The minimum absolute atomic E-state index is 0.0229. The summed E-state index contributed by atoms with van der Waals surface area (Å²) in [6, 6.07) is 0. The van der Waals surface area contributed by atoms with E-state index in [1.54, 1.807) is 26.8 Å². The van der Waals surface area contributed by atoms with Gasteiger partial charge in [-0.05, 0) is 70.3 Å². The molecule has 5 heterocycles. The summed E-state index contributed by atoms with van der Waals surface area (Å²) in [4.78, 5) is 56.2. The van der Waals surface area contributed by atoms with Gasteiger partial charge >= 0.3 is 11.9 Å². The highest BCUT2D eigenvalue weighted by Crippen LogP contribution is 2.75. The lowest BCUT2D eigenvalue weighted by molar-refractivity contribution is -0.383. The second-order valence-electron chi connectivity index (χ2n) is 14.2. The number of allylic oxidation sites excluding steroid dienone is 1. The summed E-state index contributed by atoms with van der Waals surface area (Å²) in [6.45, 7) is 7.00. The van der Waals surface area contributed by atoms with Gasteiger partial charge in [0.2, 0.25) is 5.79 Å². The molecule has 8 rings (SSSR count). The van der Waals surface area contributed by atoms with Crippen LogP contribution in [-0.4, -0.2) is 87.3 Å². The van der Waals surface area contributed by atoms with Crippen molar-refractivity contribution in [2.24, 2.45) is 34.5 Å². The Labute approximate surface area is 236 Å². The Morgan fingerprint density at radius 1 is 1.12 bits per heavy atom. The Morgan fingerprint density at radius 2 is 1.88 bits per heavy atom. The third kappa shape index (κ3) is 2.35. The molecule has 11 heteroatoms. The van der Waals surface area contributed by atoms with E-state index >= 15 is 4.79 Å². The third-order valence-electron chi connectivity index (χ3n) is 13.1. The summed E-state index contributed by atoms with van der Waals surface area (Å²) in [5, 5.41) is 24.4. The van der Waals surface area contributed by atoms with Crippen molar-refractivity contribution in [2.45, 2.75) is 100 Å². The van der Waals surface area contributed by atoms with Crippen molar-refractivity contribution in [3.8, 4) is 0 Å². The van der Waals surface area contributed by atoms with Crippen LogP contribution in [0.2, 0.25) is 0 Å².